The quantitative estimate of drug-likeness (QED) is 0.612. The maximum Gasteiger partial charge on any atom is 0.311 e. The fraction of sp³-hybridized carbons (Fsp3) is 0.647. The van der Waals surface area contributed by atoms with Crippen molar-refractivity contribution >= 4 is 11.8 Å². The number of aliphatic carboxylic acids is 1. The van der Waals surface area contributed by atoms with E-state index in [0.717, 1.165) is 13.8 Å². The summed E-state index contributed by atoms with van der Waals surface area (Å²) in [7, 11) is 0. The minimum absolute atomic E-state index is 0.0757. The minimum Gasteiger partial charge on any atom is -0.481 e. The molecule has 0 heterocycles. The van der Waals surface area contributed by atoms with Gasteiger partial charge in [0.1, 0.15) is 5.41 Å². The molecule has 0 aromatic carbocycles. The zero-order valence-corrected chi connectivity index (χ0v) is 13.5. The molecule has 2 aliphatic rings. The number of carboxylic acids is 1. The van der Waals surface area contributed by atoms with E-state index in [0.29, 0.717) is 0 Å². The summed E-state index contributed by atoms with van der Waals surface area (Å²) in [6.45, 7) is 3.63. The number of halogens is 4. The Balaban J connectivity index is 2.71. The molecule has 2 aliphatic carbocycles. The number of allylic oxidation sites excluding steroid dienone is 2. The van der Waals surface area contributed by atoms with E-state index in [-0.39, 0.29) is 24.0 Å². The first kappa shape index (κ1) is 18.5. The van der Waals surface area contributed by atoms with Crippen LogP contribution >= 0.6 is 0 Å². The molecule has 2 rings (SSSR count). The fourth-order valence-electron chi connectivity index (χ4n) is 4.99. The first-order chi connectivity index (χ1) is 11.0. The van der Waals surface area contributed by atoms with Crippen molar-refractivity contribution in [2.45, 2.75) is 46.5 Å². The van der Waals surface area contributed by atoms with Crippen LogP contribution in [0.4, 0.5) is 17.6 Å². The lowest BCUT2D eigenvalue weighted by Gasteiger charge is -2.27. The molecule has 7 heteroatoms. The smallest absolute Gasteiger partial charge is 0.311 e. The van der Waals surface area contributed by atoms with Crippen LogP contribution in [0.3, 0.4) is 0 Å². The number of hydrogen-bond acceptors (Lipinski definition) is 2. The molecule has 1 saturated carbocycles. The van der Waals surface area contributed by atoms with E-state index in [1.165, 1.54) is 6.92 Å². The average molecular weight is 346 g/mol. The summed E-state index contributed by atoms with van der Waals surface area (Å²) in [5.74, 6) is -1.15. The van der Waals surface area contributed by atoms with E-state index in [4.69, 9.17) is 6.42 Å². The normalized spacial score (nSPS) is 30.8. The van der Waals surface area contributed by atoms with Crippen molar-refractivity contribution in [2.24, 2.45) is 22.2 Å². The predicted octanol–water partition coefficient (Wildman–Crippen LogP) is 3.54. The van der Waals surface area contributed by atoms with Gasteiger partial charge in [-0.1, -0.05) is 19.4 Å². The Kier molecular flexibility index (Phi) is 4.11. The maximum absolute atomic E-state index is 13.7. The van der Waals surface area contributed by atoms with Crippen molar-refractivity contribution < 1.29 is 32.3 Å². The molecular formula is C17H18F4O3. The van der Waals surface area contributed by atoms with Crippen LogP contribution in [0, 0.1) is 34.5 Å². The third kappa shape index (κ3) is 1.69. The second-order valence-electron chi connectivity index (χ2n) is 6.93. The van der Waals surface area contributed by atoms with Crippen molar-refractivity contribution in [1.82, 2.24) is 0 Å². The van der Waals surface area contributed by atoms with Gasteiger partial charge in [0, 0.05) is 29.7 Å². The largest absolute Gasteiger partial charge is 0.481 e. The molecule has 1 fully saturated rings. The third-order valence-electron chi connectivity index (χ3n) is 6.16. The Morgan fingerprint density at radius 1 is 1.33 bits per heavy atom. The molecule has 24 heavy (non-hydrogen) atoms. The van der Waals surface area contributed by atoms with E-state index < -0.39 is 46.8 Å². The molecule has 2 atom stereocenters. The summed E-state index contributed by atoms with van der Waals surface area (Å²) >= 11 is 0. The number of alkyl halides is 4. The summed E-state index contributed by atoms with van der Waals surface area (Å²) in [5, 5.41) is 9.71. The van der Waals surface area contributed by atoms with Crippen molar-refractivity contribution in [3.63, 3.8) is 0 Å². The number of carboxylic acid groups (broad SMARTS) is 1. The molecule has 2 unspecified atom stereocenters. The van der Waals surface area contributed by atoms with Gasteiger partial charge in [0.25, 0.3) is 12.9 Å². The molecule has 0 aromatic heterocycles. The predicted molar refractivity (Wildman–Crippen MR) is 77.6 cm³/mol. The van der Waals surface area contributed by atoms with Crippen LogP contribution in [-0.4, -0.2) is 29.7 Å². The van der Waals surface area contributed by atoms with Crippen LogP contribution in [0.5, 0.6) is 0 Å². The molecule has 0 bridgehead atoms. The molecule has 0 amide bonds. The van der Waals surface area contributed by atoms with Crippen LogP contribution in [0.25, 0.3) is 0 Å². The van der Waals surface area contributed by atoms with E-state index in [1.54, 1.807) is 0 Å². The number of rotatable bonds is 5. The monoisotopic (exact) mass is 346 g/mol. The molecular weight excluding hydrogens is 328 g/mol. The second kappa shape index (κ2) is 5.33. The molecule has 0 aromatic rings. The lowest BCUT2D eigenvalue weighted by molar-refractivity contribution is -0.155. The van der Waals surface area contributed by atoms with Gasteiger partial charge in [-0.3, -0.25) is 9.59 Å². The zero-order valence-electron chi connectivity index (χ0n) is 13.5. The molecule has 0 radical (unpaired) electrons. The van der Waals surface area contributed by atoms with Gasteiger partial charge >= 0.3 is 5.97 Å². The van der Waals surface area contributed by atoms with Crippen molar-refractivity contribution in [3.05, 3.63) is 11.1 Å². The Morgan fingerprint density at radius 3 is 2.17 bits per heavy atom. The summed E-state index contributed by atoms with van der Waals surface area (Å²) < 4.78 is 54.9. The molecule has 1 N–H and O–H groups in total. The summed E-state index contributed by atoms with van der Waals surface area (Å²) in [5.41, 5.74) is -6.91. The molecule has 3 nitrogen and oxygen atoms in total. The SMILES string of the molecule is C#CCC1=C(C)C(C2(C(=O)O)C(C)(C)C2(C(F)F)C(F)F)CC1=O. The first-order valence-corrected chi connectivity index (χ1v) is 7.42. The molecule has 132 valence electrons. The Bertz CT molecular complexity index is 664. The van der Waals surface area contributed by atoms with Gasteiger partial charge in [0.15, 0.2) is 5.78 Å². The van der Waals surface area contributed by atoms with Gasteiger partial charge in [0.05, 0.1) is 5.41 Å². The van der Waals surface area contributed by atoms with Crippen molar-refractivity contribution in [1.29, 1.82) is 0 Å². The topological polar surface area (TPSA) is 54.4 Å². The standard InChI is InChI=1S/C17H18F4O3/c1-5-6-9-8(2)10(7-11(9)22)16(14(23)24)15(3,4)17(16,12(18)19)13(20)21/h1,10,12-13H,6-7H2,2-4H3,(H,23,24). The highest BCUT2D eigenvalue weighted by molar-refractivity contribution is 6.01. The highest BCUT2D eigenvalue weighted by Gasteiger charge is 2.95. The second-order valence-corrected chi connectivity index (χ2v) is 6.93. The van der Waals surface area contributed by atoms with Crippen LogP contribution in [0.2, 0.25) is 0 Å². The van der Waals surface area contributed by atoms with E-state index in [9.17, 15) is 32.3 Å². The molecule has 0 spiro atoms. The van der Waals surface area contributed by atoms with Crippen LogP contribution in [0.15, 0.2) is 11.1 Å². The number of carbonyl (C=O) groups is 2. The third-order valence-corrected chi connectivity index (χ3v) is 6.16. The highest BCUT2D eigenvalue weighted by Crippen LogP contribution is 2.86. The van der Waals surface area contributed by atoms with E-state index in [1.807, 2.05) is 0 Å². The molecule has 0 aliphatic heterocycles. The van der Waals surface area contributed by atoms with Gasteiger partial charge in [-0.2, -0.15) is 0 Å². The van der Waals surface area contributed by atoms with Gasteiger partial charge in [-0.15, -0.1) is 12.3 Å². The van der Waals surface area contributed by atoms with Gasteiger partial charge in [0.2, 0.25) is 0 Å². The number of carbonyl (C=O) groups excluding carboxylic acids is 1. The van der Waals surface area contributed by atoms with Gasteiger partial charge in [-0.05, 0) is 6.92 Å². The average Bonchev–Trinajstić information content (AvgIpc) is 2.80. The van der Waals surface area contributed by atoms with Gasteiger partial charge in [-0.25, -0.2) is 17.6 Å². The van der Waals surface area contributed by atoms with E-state index in [2.05, 4.69) is 5.92 Å². The van der Waals surface area contributed by atoms with E-state index >= 15 is 0 Å². The van der Waals surface area contributed by atoms with Crippen LogP contribution in [0.1, 0.15) is 33.6 Å². The zero-order chi connectivity index (χ0) is 18.7. The highest BCUT2D eigenvalue weighted by atomic mass is 19.3. The Morgan fingerprint density at radius 2 is 1.83 bits per heavy atom. The van der Waals surface area contributed by atoms with Gasteiger partial charge < -0.3 is 5.11 Å². The van der Waals surface area contributed by atoms with Crippen molar-refractivity contribution in [3.8, 4) is 12.3 Å². The summed E-state index contributed by atoms with van der Waals surface area (Å²) in [4.78, 5) is 24.1. The summed E-state index contributed by atoms with van der Waals surface area (Å²) in [6, 6.07) is 0. The number of terminal acetylenes is 1. The first-order valence-electron chi connectivity index (χ1n) is 7.42. The maximum atomic E-state index is 13.7. The Hall–Kier alpha value is -1.84. The van der Waals surface area contributed by atoms with Crippen LogP contribution < -0.4 is 0 Å². The number of ketones is 1. The molecule has 0 saturated heterocycles. The minimum atomic E-state index is -3.54. The van der Waals surface area contributed by atoms with Crippen LogP contribution in [-0.2, 0) is 9.59 Å². The lowest BCUT2D eigenvalue weighted by Crippen LogP contribution is -2.39. The Labute approximate surface area is 137 Å². The number of hydrogen-bond donors (Lipinski definition) is 1. The van der Waals surface area contributed by atoms with Crippen molar-refractivity contribution in [2.75, 3.05) is 0 Å². The summed E-state index contributed by atoms with van der Waals surface area (Å²) in [6.07, 6.45) is -2.37. The lowest BCUT2D eigenvalue weighted by atomic mass is 9.76. The number of Topliss-reactive ketones (excluding diaryl/α,β-unsaturated/α-hetero) is 1. The fourth-order valence-corrected chi connectivity index (χ4v) is 4.99.